The zero-order chi connectivity index (χ0) is 16.9. The number of nitrogens with two attached hydrogens (primary N) is 1. The van der Waals surface area contributed by atoms with Gasteiger partial charge in [0.05, 0.1) is 0 Å². The molecule has 1 unspecified atom stereocenters. The molecule has 2 aliphatic rings. The molecule has 2 aromatic carbocycles. The van der Waals surface area contributed by atoms with Crippen LogP contribution in [0.15, 0.2) is 72.0 Å². The summed E-state index contributed by atoms with van der Waals surface area (Å²) in [6.07, 6.45) is 3.60. The van der Waals surface area contributed by atoms with Gasteiger partial charge in [0, 0.05) is 29.1 Å². The van der Waals surface area contributed by atoms with Gasteiger partial charge in [0.2, 0.25) is 0 Å². The Morgan fingerprint density at radius 2 is 1.84 bits per heavy atom. The summed E-state index contributed by atoms with van der Waals surface area (Å²) in [5, 5.41) is 0. The average molecular weight is 329 g/mol. The number of para-hydroxylation sites is 1. The molecular weight excluding hydrogens is 314 g/mol. The SMILES string of the molecule is NC1=NC2(CO1)c1ccccc1Oc1cccc(-c3cccnc3)c12. The van der Waals surface area contributed by atoms with Crippen molar-refractivity contribution in [2.24, 2.45) is 10.7 Å². The molecule has 122 valence electrons. The highest BCUT2D eigenvalue weighted by Gasteiger charge is 2.48. The zero-order valence-corrected chi connectivity index (χ0v) is 13.3. The largest absolute Gasteiger partial charge is 0.462 e. The summed E-state index contributed by atoms with van der Waals surface area (Å²) < 4.78 is 11.8. The van der Waals surface area contributed by atoms with Crippen molar-refractivity contribution in [3.05, 3.63) is 78.1 Å². The molecule has 0 radical (unpaired) electrons. The minimum atomic E-state index is -0.708. The van der Waals surface area contributed by atoms with Crippen LogP contribution in [0.1, 0.15) is 11.1 Å². The van der Waals surface area contributed by atoms with Gasteiger partial charge in [0.25, 0.3) is 6.02 Å². The molecule has 2 aliphatic heterocycles. The van der Waals surface area contributed by atoms with Crippen LogP contribution in [0.4, 0.5) is 0 Å². The lowest BCUT2D eigenvalue weighted by Crippen LogP contribution is -2.31. The van der Waals surface area contributed by atoms with Crippen molar-refractivity contribution < 1.29 is 9.47 Å². The molecule has 0 amide bonds. The fourth-order valence-corrected chi connectivity index (χ4v) is 3.65. The van der Waals surface area contributed by atoms with E-state index in [4.69, 9.17) is 20.2 Å². The summed E-state index contributed by atoms with van der Waals surface area (Å²) in [5.74, 6) is 1.54. The van der Waals surface area contributed by atoms with Gasteiger partial charge in [-0.25, -0.2) is 4.99 Å². The second kappa shape index (κ2) is 5.08. The summed E-state index contributed by atoms with van der Waals surface area (Å²) in [6, 6.07) is 18.0. The Morgan fingerprint density at radius 1 is 0.960 bits per heavy atom. The average Bonchev–Trinajstić information content (AvgIpc) is 3.04. The highest BCUT2D eigenvalue weighted by molar-refractivity contribution is 5.80. The summed E-state index contributed by atoms with van der Waals surface area (Å²) >= 11 is 0. The Bertz CT molecular complexity index is 1000. The van der Waals surface area contributed by atoms with E-state index < -0.39 is 5.54 Å². The molecule has 5 rings (SSSR count). The highest BCUT2D eigenvalue weighted by Crippen LogP contribution is 2.53. The Labute approximate surface area is 144 Å². The summed E-state index contributed by atoms with van der Waals surface area (Å²) in [5.41, 5.74) is 9.15. The number of aliphatic imine (C=N–C) groups is 1. The third kappa shape index (κ3) is 1.96. The number of fused-ring (bicyclic) bond motifs is 4. The maximum atomic E-state index is 6.18. The smallest absolute Gasteiger partial charge is 0.283 e. The number of aromatic nitrogens is 1. The van der Waals surface area contributed by atoms with E-state index >= 15 is 0 Å². The van der Waals surface area contributed by atoms with E-state index in [1.807, 2.05) is 54.7 Å². The summed E-state index contributed by atoms with van der Waals surface area (Å²) in [4.78, 5) is 8.97. The van der Waals surface area contributed by atoms with Crippen molar-refractivity contribution in [1.82, 2.24) is 4.98 Å². The van der Waals surface area contributed by atoms with Gasteiger partial charge in [-0.15, -0.1) is 0 Å². The number of hydrogen-bond donors (Lipinski definition) is 1. The fraction of sp³-hybridized carbons (Fsp3) is 0.100. The first-order valence-electron chi connectivity index (χ1n) is 8.07. The van der Waals surface area contributed by atoms with Crippen LogP contribution < -0.4 is 10.5 Å². The number of rotatable bonds is 1. The molecule has 5 heteroatoms. The molecule has 0 saturated heterocycles. The molecule has 0 bridgehead atoms. The van der Waals surface area contributed by atoms with Crippen molar-refractivity contribution in [3.8, 4) is 22.6 Å². The quantitative estimate of drug-likeness (QED) is 0.742. The van der Waals surface area contributed by atoms with Gasteiger partial charge in [0.15, 0.2) is 5.54 Å². The Kier molecular flexibility index (Phi) is 2.85. The van der Waals surface area contributed by atoms with Gasteiger partial charge in [0.1, 0.15) is 18.1 Å². The standard InChI is InChI=1S/C20H15N3O2/c21-19-23-20(12-24-19)15-7-1-2-8-16(15)25-17-9-3-6-14(18(17)20)13-5-4-10-22-11-13/h1-11H,12H2,(H2,21,23). The zero-order valence-electron chi connectivity index (χ0n) is 13.3. The van der Waals surface area contributed by atoms with Crippen molar-refractivity contribution in [2.75, 3.05) is 6.61 Å². The number of hydrogen-bond acceptors (Lipinski definition) is 5. The lowest BCUT2D eigenvalue weighted by Gasteiger charge is -2.35. The first-order valence-corrected chi connectivity index (χ1v) is 8.07. The maximum Gasteiger partial charge on any atom is 0.283 e. The molecule has 1 spiro atoms. The van der Waals surface area contributed by atoms with Crippen LogP contribution >= 0.6 is 0 Å². The van der Waals surface area contributed by atoms with Crippen LogP contribution in [0.25, 0.3) is 11.1 Å². The molecule has 0 saturated carbocycles. The lowest BCUT2D eigenvalue weighted by atomic mass is 9.78. The molecule has 0 aliphatic carbocycles. The van der Waals surface area contributed by atoms with Crippen LogP contribution in [0.3, 0.4) is 0 Å². The van der Waals surface area contributed by atoms with Crippen LogP contribution in [-0.2, 0) is 10.3 Å². The summed E-state index contributed by atoms with van der Waals surface area (Å²) in [6.45, 7) is 0.351. The molecule has 5 nitrogen and oxygen atoms in total. The van der Waals surface area contributed by atoms with Crippen LogP contribution in [0.2, 0.25) is 0 Å². The number of nitrogens with zero attached hydrogens (tertiary/aromatic N) is 2. The Balaban J connectivity index is 1.85. The van der Waals surface area contributed by atoms with Crippen molar-refractivity contribution in [1.29, 1.82) is 0 Å². The second-order valence-corrected chi connectivity index (χ2v) is 6.12. The van der Waals surface area contributed by atoms with Gasteiger partial charge in [-0.1, -0.05) is 36.4 Å². The first kappa shape index (κ1) is 14.0. The molecule has 3 heterocycles. The number of benzene rings is 2. The van der Waals surface area contributed by atoms with Gasteiger partial charge in [-0.3, -0.25) is 4.98 Å². The topological polar surface area (TPSA) is 69.7 Å². The predicted molar refractivity (Wildman–Crippen MR) is 94.5 cm³/mol. The number of amidine groups is 1. The maximum absolute atomic E-state index is 6.18. The predicted octanol–water partition coefficient (Wildman–Crippen LogP) is 3.44. The molecule has 25 heavy (non-hydrogen) atoms. The van der Waals surface area contributed by atoms with E-state index in [2.05, 4.69) is 11.1 Å². The van der Waals surface area contributed by atoms with E-state index in [0.29, 0.717) is 6.61 Å². The first-order chi connectivity index (χ1) is 12.3. The molecule has 1 aromatic heterocycles. The Hall–Kier alpha value is -3.34. The summed E-state index contributed by atoms with van der Waals surface area (Å²) in [7, 11) is 0. The van der Waals surface area contributed by atoms with Crippen molar-refractivity contribution in [2.45, 2.75) is 5.54 Å². The van der Waals surface area contributed by atoms with Gasteiger partial charge < -0.3 is 15.2 Å². The second-order valence-electron chi connectivity index (χ2n) is 6.12. The molecule has 0 fully saturated rings. The van der Waals surface area contributed by atoms with E-state index in [1.54, 1.807) is 6.20 Å². The third-order valence-corrected chi connectivity index (χ3v) is 4.69. The van der Waals surface area contributed by atoms with E-state index in [0.717, 1.165) is 33.8 Å². The van der Waals surface area contributed by atoms with E-state index in [1.165, 1.54) is 0 Å². The minimum absolute atomic E-state index is 0.198. The molecule has 1 atom stereocenters. The van der Waals surface area contributed by atoms with Crippen molar-refractivity contribution >= 4 is 6.02 Å². The van der Waals surface area contributed by atoms with Crippen LogP contribution in [0.5, 0.6) is 11.5 Å². The van der Waals surface area contributed by atoms with E-state index in [9.17, 15) is 0 Å². The monoisotopic (exact) mass is 329 g/mol. The van der Waals surface area contributed by atoms with Gasteiger partial charge in [-0.05, 0) is 23.8 Å². The number of ether oxygens (including phenoxy) is 2. The minimum Gasteiger partial charge on any atom is -0.462 e. The fourth-order valence-electron chi connectivity index (χ4n) is 3.65. The Morgan fingerprint density at radius 3 is 2.64 bits per heavy atom. The van der Waals surface area contributed by atoms with Gasteiger partial charge in [-0.2, -0.15) is 0 Å². The van der Waals surface area contributed by atoms with Crippen LogP contribution in [-0.4, -0.2) is 17.6 Å². The van der Waals surface area contributed by atoms with Crippen molar-refractivity contribution in [3.63, 3.8) is 0 Å². The van der Waals surface area contributed by atoms with E-state index in [-0.39, 0.29) is 6.02 Å². The van der Waals surface area contributed by atoms with Gasteiger partial charge >= 0.3 is 0 Å². The third-order valence-electron chi connectivity index (χ3n) is 4.69. The normalized spacial score (nSPS) is 20.2. The lowest BCUT2D eigenvalue weighted by molar-refractivity contribution is 0.265. The molecule has 3 aromatic rings. The highest BCUT2D eigenvalue weighted by atomic mass is 16.5. The number of pyridine rings is 1. The molecular formula is C20H15N3O2. The van der Waals surface area contributed by atoms with Crippen LogP contribution in [0, 0.1) is 0 Å². The molecule has 2 N–H and O–H groups in total.